The molecule has 4 N–H and O–H groups in total. The number of hydrogen-bond acceptors (Lipinski definition) is 7. The lowest BCUT2D eigenvalue weighted by Crippen LogP contribution is -2.53. The van der Waals surface area contributed by atoms with E-state index in [9.17, 15) is 23.1 Å². The van der Waals surface area contributed by atoms with Crippen molar-refractivity contribution in [3.8, 4) is 11.5 Å². The van der Waals surface area contributed by atoms with Crippen LogP contribution in [-0.4, -0.2) is 36.9 Å². The van der Waals surface area contributed by atoms with Crippen molar-refractivity contribution in [2.24, 2.45) is 11.3 Å². The van der Waals surface area contributed by atoms with Crippen LogP contribution in [0.25, 0.3) is 0 Å². The lowest BCUT2D eigenvalue weighted by atomic mass is 9.50. The number of aromatic hydroxyl groups is 1. The number of rotatable bonds is 7. The number of ketones is 2. The third-order valence-corrected chi connectivity index (χ3v) is 13.2. The molecule has 0 bridgehead atoms. The highest BCUT2D eigenvalue weighted by molar-refractivity contribution is 7.90. The van der Waals surface area contributed by atoms with Crippen molar-refractivity contribution in [3.05, 3.63) is 124 Å². The highest BCUT2D eigenvalue weighted by Crippen LogP contribution is 2.57. The fraction of sp³-hybridized carbons (Fsp3) is 0.366. The number of ether oxygens (including phenoxy) is 1. The van der Waals surface area contributed by atoms with E-state index in [0.717, 1.165) is 32.1 Å². The number of carbonyl (C=O) groups is 2. The van der Waals surface area contributed by atoms with Gasteiger partial charge in [-0.3, -0.25) is 9.59 Å². The van der Waals surface area contributed by atoms with E-state index < -0.39 is 32.6 Å². The topological polar surface area (TPSA) is 136 Å². The smallest absolute Gasteiger partial charge is 0.221 e. The predicted octanol–water partition coefficient (Wildman–Crippen LogP) is 7.26. The van der Waals surface area contributed by atoms with Crippen molar-refractivity contribution in [2.75, 3.05) is 12.3 Å². The summed E-state index contributed by atoms with van der Waals surface area (Å²) in [6, 6.07) is 14.6. The van der Waals surface area contributed by atoms with Gasteiger partial charge >= 0.3 is 0 Å². The zero-order valence-electron chi connectivity index (χ0n) is 29.0. The molecule has 4 aliphatic carbocycles. The van der Waals surface area contributed by atoms with Gasteiger partial charge in [0.05, 0.1) is 16.8 Å². The number of aryl methyl sites for hydroxylation is 1. The Kier molecular flexibility index (Phi) is 8.42. The molecular weight excluding hydrogens is 649 g/mol. The number of sulfonamides is 1. The van der Waals surface area contributed by atoms with E-state index in [2.05, 4.69) is 50.6 Å². The zero-order chi connectivity index (χ0) is 35.6. The molecule has 4 atom stereocenters. The number of anilines is 1. The zero-order valence-corrected chi connectivity index (χ0v) is 29.8. The number of fused-ring (bicyclic) bond motifs is 5. The lowest BCUT2D eigenvalue weighted by molar-refractivity contribution is 0.0298. The quantitative estimate of drug-likeness (QED) is 0.137. The first kappa shape index (κ1) is 34.0. The van der Waals surface area contributed by atoms with E-state index in [1.807, 2.05) is 0 Å². The van der Waals surface area contributed by atoms with Crippen LogP contribution in [0.4, 0.5) is 5.69 Å². The van der Waals surface area contributed by atoms with Gasteiger partial charge in [-0.2, -0.15) is 0 Å². The van der Waals surface area contributed by atoms with Gasteiger partial charge in [0.1, 0.15) is 16.8 Å². The van der Waals surface area contributed by atoms with E-state index >= 15 is 0 Å². The van der Waals surface area contributed by atoms with Crippen LogP contribution in [0, 0.1) is 11.3 Å². The second-order valence-corrected chi connectivity index (χ2v) is 17.0. The van der Waals surface area contributed by atoms with Crippen molar-refractivity contribution in [2.45, 2.75) is 76.4 Å². The molecule has 0 aliphatic heterocycles. The van der Waals surface area contributed by atoms with Crippen molar-refractivity contribution in [1.29, 1.82) is 0 Å². The molecule has 0 radical (unpaired) electrons. The molecule has 8 nitrogen and oxygen atoms in total. The molecule has 4 aliphatic rings. The van der Waals surface area contributed by atoms with Gasteiger partial charge in [0.15, 0.2) is 17.3 Å². The van der Waals surface area contributed by atoms with Crippen molar-refractivity contribution in [1.82, 2.24) is 4.72 Å². The Bertz CT molecular complexity index is 2130. The first-order valence-corrected chi connectivity index (χ1v) is 19.0. The average Bonchev–Trinajstić information content (AvgIpc) is 3.34. The number of carbonyl (C=O) groups excluding carboxylic acids is 2. The van der Waals surface area contributed by atoms with Crippen molar-refractivity contribution < 1.29 is 27.9 Å². The van der Waals surface area contributed by atoms with Crippen LogP contribution in [0.1, 0.15) is 108 Å². The number of phenols is 1. The minimum atomic E-state index is -3.80. The van der Waals surface area contributed by atoms with E-state index in [1.54, 1.807) is 36.4 Å². The molecule has 0 aromatic heterocycles. The average molecular weight is 693 g/mol. The lowest BCUT2D eigenvalue weighted by Gasteiger charge is -2.55. The Morgan fingerprint density at radius 1 is 1.00 bits per heavy atom. The summed E-state index contributed by atoms with van der Waals surface area (Å²) in [7, 11) is -3.80. The van der Waals surface area contributed by atoms with Crippen LogP contribution in [0.15, 0.2) is 84.7 Å². The van der Waals surface area contributed by atoms with Gasteiger partial charge in [0, 0.05) is 23.7 Å². The Hall–Kier alpha value is -4.47. The molecule has 7 rings (SSSR count). The van der Waals surface area contributed by atoms with E-state index in [-0.39, 0.29) is 50.3 Å². The summed E-state index contributed by atoms with van der Waals surface area (Å²) < 4.78 is 36.5. The van der Waals surface area contributed by atoms with Gasteiger partial charge in [-0.25, -0.2) is 13.1 Å². The highest BCUT2D eigenvalue weighted by Gasteiger charge is 2.52. The monoisotopic (exact) mass is 692 g/mol. The normalized spacial score (nSPS) is 25.7. The van der Waals surface area contributed by atoms with Gasteiger partial charge < -0.3 is 15.6 Å². The van der Waals surface area contributed by atoms with E-state index in [1.165, 1.54) is 41.0 Å². The molecule has 0 spiro atoms. The Morgan fingerprint density at radius 2 is 1.72 bits per heavy atom. The molecule has 1 saturated carbocycles. The first-order valence-electron chi connectivity index (χ1n) is 17.4. The van der Waals surface area contributed by atoms with E-state index in [0.29, 0.717) is 18.4 Å². The second kappa shape index (κ2) is 12.4. The maximum absolute atomic E-state index is 13.8. The van der Waals surface area contributed by atoms with E-state index in [4.69, 9.17) is 10.5 Å². The van der Waals surface area contributed by atoms with Gasteiger partial charge in [-0.05, 0) is 77.2 Å². The van der Waals surface area contributed by atoms with Gasteiger partial charge in [0.25, 0.3) is 0 Å². The molecule has 1 fully saturated rings. The molecule has 0 saturated heterocycles. The SMILES string of the molecule is CC(C)c1ccc2c(c1)CCC1C(C)(CNS(=O)(=O)C3C=CC=C(Oc4cc(O)c5c(c4N)C(=O)c4ccccc4C5=O)C=C3)CCCC21C. The van der Waals surface area contributed by atoms with Crippen LogP contribution in [0.5, 0.6) is 11.5 Å². The predicted molar refractivity (Wildman–Crippen MR) is 195 cm³/mol. The van der Waals surface area contributed by atoms with Crippen LogP contribution >= 0.6 is 0 Å². The molecule has 3 aromatic carbocycles. The number of nitrogens with two attached hydrogens (primary N) is 1. The molecule has 4 unspecified atom stereocenters. The summed E-state index contributed by atoms with van der Waals surface area (Å²) in [6.45, 7) is 9.43. The summed E-state index contributed by atoms with van der Waals surface area (Å²) in [5.74, 6) is -0.355. The first-order chi connectivity index (χ1) is 23.7. The Balaban J connectivity index is 1.06. The largest absolute Gasteiger partial charge is 0.507 e. The number of nitrogen functional groups attached to an aromatic ring is 1. The molecule has 260 valence electrons. The number of allylic oxidation sites excluding steroid dienone is 3. The minimum absolute atomic E-state index is 0.00588. The fourth-order valence-electron chi connectivity index (χ4n) is 8.91. The van der Waals surface area contributed by atoms with Gasteiger partial charge in [0.2, 0.25) is 10.0 Å². The van der Waals surface area contributed by atoms with Crippen LogP contribution in [0.3, 0.4) is 0 Å². The van der Waals surface area contributed by atoms with Crippen LogP contribution in [0.2, 0.25) is 0 Å². The molecular formula is C41H44N2O6S. The fourth-order valence-corrected chi connectivity index (χ4v) is 10.2. The molecule has 50 heavy (non-hydrogen) atoms. The van der Waals surface area contributed by atoms with Crippen LogP contribution in [-0.2, 0) is 21.9 Å². The number of phenolic OH excluding ortho intramolecular Hbond substituents is 1. The summed E-state index contributed by atoms with van der Waals surface area (Å²) >= 11 is 0. The van der Waals surface area contributed by atoms with Gasteiger partial charge in [-0.1, -0.05) is 94.8 Å². The second-order valence-electron chi connectivity index (χ2n) is 15.1. The standard InChI is InChI=1S/C41H44N2O6S/c1-24(2)25-13-17-31-26(21-25)14-18-34-40(3,19-8-20-41(31,34)4)23-43-50(47,48)28-10-7-9-27(15-16-28)49-33-22-32(44)35-36(37(33)42)39(46)30-12-6-5-11-29(30)38(35)45/h5-7,9-13,15-17,21-22,24,28,34,43-44H,8,14,18-20,23,42H2,1-4H3. The number of benzene rings is 3. The summed E-state index contributed by atoms with van der Waals surface area (Å²) in [6.07, 6.45) is 13.0. The molecule has 0 heterocycles. The maximum atomic E-state index is 13.8. The third-order valence-electron chi connectivity index (χ3n) is 11.6. The number of nitrogens with one attached hydrogen (secondary N) is 1. The maximum Gasteiger partial charge on any atom is 0.221 e. The van der Waals surface area contributed by atoms with Crippen molar-refractivity contribution >= 4 is 27.3 Å². The minimum Gasteiger partial charge on any atom is -0.507 e. The molecule has 3 aromatic rings. The summed E-state index contributed by atoms with van der Waals surface area (Å²) in [5, 5.41) is 9.86. The number of hydrogen-bond donors (Lipinski definition) is 3. The van der Waals surface area contributed by atoms with Crippen LogP contribution < -0.4 is 15.2 Å². The summed E-state index contributed by atoms with van der Waals surface area (Å²) in [5.41, 5.74) is 10.4. The summed E-state index contributed by atoms with van der Waals surface area (Å²) in [4.78, 5) is 26.5. The highest BCUT2D eigenvalue weighted by atomic mass is 32.2. The molecule has 0 amide bonds. The third kappa shape index (κ3) is 5.60. The Labute approximate surface area is 294 Å². The Morgan fingerprint density at radius 3 is 2.44 bits per heavy atom. The van der Waals surface area contributed by atoms with Gasteiger partial charge in [-0.15, -0.1) is 0 Å². The van der Waals surface area contributed by atoms with Crippen molar-refractivity contribution in [3.63, 3.8) is 0 Å². The molecule has 9 heteroatoms.